The summed E-state index contributed by atoms with van der Waals surface area (Å²) in [7, 11) is 7.64. The van der Waals surface area contributed by atoms with Gasteiger partial charge in [-0.3, -0.25) is 0 Å². The lowest BCUT2D eigenvalue weighted by Crippen LogP contribution is -2.52. The van der Waals surface area contributed by atoms with Gasteiger partial charge in [0, 0.05) is 39.1 Å². The standard InChI is InChI=1S/C6H14N3P/c1-8(2)9-4-3-7-5-6(9)10/h7,10H,3-5H2,1-2H3. The SMILES string of the molecule is CN(C)N1CCNCC1=P. The minimum absolute atomic E-state index is 0.940. The summed E-state index contributed by atoms with van der Waals surface area (Å²) >= 11 is 0. The van der Waals surface area contributed by atoms with Crippen LogP contribution < -0.4 is 5.32 Å². The van der Waals surface area contributed by atoms with Crippen molar-refractivity contribution in [1.82, 2.24) is 15.3 Å². The highest BCUT2D eigenvalue weighted by atomic mass is 31.0. The van der Waals surface area contributed by atoms with Crippen LogP contribution in [0.4, 0.5) is 0 Å². The van der Waals surface area contributed by atoms with Crippen LogP contribution in [0.3, 0.4) is 0 Å². The van der Waals surface area contributed by atoms with E-state index in [0.29, 0.717) is 0 Å². The first-order chi connectivity index (χ1) is 4.72. The molecule has 1 rings (SSSR count). The first-order valence-electron chi connectivity index (χ1n) is 3.44. The van der Waals surface area contributed by atoms with Gasteiger partial charge in [-0.25, -0.2) is 10.0 Å². The van der Waals surface area contributed by atoms with Crippen molar-refractivity contribution in [2.75, 3.05) is 33.7 Å². The number of nitrogens with zero attached hydrogens (tertiary/aromatic N) is 2. The van der Waals surface area contributed by atoms with E-state index in [1.165, 1.54) is 5.42 Å². The van der Waals surface area contributed by atoms with E-state index >= 15 is 0 Å². The summed E-state index contributed by atoms with van der Waals surface area (Å²) in [6.45, 7) is 3.05. The Labute approximate surface area is 64.2 Å². The smallest absolute Gasteiger partial charge is 0.0429 e. The number of hydrogen-bond donors (Lipinski definition) is 1. The van der Waals surface area contributed by atoms with E-state index in [-0.39, 0.29) is 0 Å². The van der Waals surface area contributed by atoms with Crippen molar-refractivity contribution in [2.45, 2.75) is 0 Å². The number of rotatable bonds is 1. The first kappa shape index (κ1) is 8.15. The zero-order valence-corrected chi connectivity index (χ0v) is 7.52. The molecule has 0 aromatic carbocycles. The molecular weight excluding hydrogens is 145 g/mol. The predicted molar refractivity (Wildman–Crippen MR) is 46.6 cm³/mol. The Morgan fingerprint density at radius 2 is 2.30 bits per heavy atom. The molecule has 3 nitrogen and oxygen atoms in total. The largest absolute Gasteiger partial charge is 0.310 e. The summed E-state index contributed by atoms with van der Waals surface area (Å²) < 4.78 is 0. The summed E-state index contributed by atoms with van der Waals surface area (Å²) in [5, 5.41) is 7.55. The summed E-state index contributed by atoms with van der Waals surface area (Å²) in [4.78, 5) is 0. The van der Waals surface area contributed by atoms with Crippen molar-refractivity contribution in [3.8, 4) is 0 Å². The molecule has 1 heterocycles. The molecule has 0 spiro atoms. The molecule has 0 amide bonds. The molecule has 58 valence electrons. The van der Waals surface area contributed by atoms with Crippen LogP contribution in [0.2, 0.25) is 0 Å². The van der Waals surface area contributed by atoms with E-state index < -0.39 is 0 Å². The van der Waals surface area contributed by atoms with Crippen LogP contribution in [0.15, 0.2) is 0 Å². The van der Waals surface area contributed by atoms with Crippen LogP contribution >= 0.6 is 8.86 Å². The first-order valence-corrected chi connectivity index (χ1v) is 3.94. The average Bonchev–Trinajstić information content (AvgIpc) is 1.88. The molecule has 1 saturated heterocycles. The van der Waals surface area contributed by atoms with Crippen LogP contribution in [0.25, 0.3) is 0 Å². The van der Waals surface area contributed by atoms with Gasteiger partial charge in [-0.15, -0.1) is 8.86 Å². The molecule has 4 heteroatoms. The minimum Gasteiger partial charge on any atom is -0.310 e. The molecule has 0 aliphatic carbocycles. The Morgan fingerprint density at radius 1 is 1.60 bits per heavy atom. The van der Waals surface area contributed by atoms with Gasteiger partial charge in [-0.2, -0.15) is 0 Å². The Morgan fingerprint density at radius 3 is 2.70 bits per heavy atom. The Hall–Kier alpha value is 0.0500. The van der Waals surface area contributed by atoms with E-state index in [4.69, 9.17) is 0 Å². The maximum atomic E-state index is 3.54. The lowest BCUT2D eigenvalue weighted by Gasteiger charge is -2.33. The summed E-state index contributed by atoms with van der Waals surface area (Å²) in [5.41, 5.74) is 1.20. The van der Waals surface area contributed by atoms with Crippen molar-refractivity contribution in [2.24, 2.45) is 0 Å². The predicted octanol–water partition coefficient (Wildman–Crippen LogP) is -0.359. The fourth-order valence-electron chi connectivity index (χ4n) is 1.06. The van der Waals surface area contributed by atoms with Gasteiger partial charge >= 0.3 is 0 Å². The zero-order valence-electron chi connectivity index (χ0n) is 6.52. The summed E-state index contributed by atoms with van der Waals surface area (Å²) in [6.07, 6.45) is 0. The lowest BCUT2D eigenvalue weighted by molar-refractivity contribution is 0.104. The molecule has 0 unspecified atom stereocenters. The Kier molecular flexibility index (Phi) is 2.81. The minimum atomic E-state index is 0.940. The second kappa shape index (κ2) is 3.44. The van der Waals surface area contributed by atoms with Gasteiger partial charge in [0.2, 0.25) is 0 Å². The molecule has 0 atom stereocenters. The molecule has 0 aromatic heterocycles. The molecule has 10 heavy (non-hydrogen) atoms. The topological polar surface area (TPSA) is 18.5 Å². The molecule has 1 fully saturated rings. The second-order valence-electron chi connectivity index (χ2n) is 2.59. The van der Waals surface area contributed by atoms with E-state index in [0.717, 1.165) is 19.6 Å². The maximum Gasteiger partial charge on any atom is 0.0429 e. The van der Waals surface area contributed by atoms with Gasteiger partial charge in [0.25, 0.3) is 0 Å². The van der Waals surface area contributed by atoms with Gasteiger partial charge in [-0.1, -0.05) is 0 Å². The normalized spacial score (nSPS) is 22.1. The van der Waals surface area contributed by atoms with Crippen molar-refractivity contribution in [3.63, 3.8) is 0 Å². The number of nitrogens with one attached hydrogen (secondary N) is 1. The van der Waals surface area contributed by atoms with Crippen molar-refractivity contribution < 1.29 is 0 Å². The molecule has 1 N–H and O–H groups in total. The third-order valence-electron chi connectivity index (χ3n) is 1.59. The average molecular weight is 159 g/mol. The lowest BCUT2D eigenvalue weighted by atomic mass is 10.4. The van der Waals surface area contributed by atoms with Crippen LogP contribution in [-0.2, 0) is 0 Å². The Balaban J connectivity index is 2.48. The third kappa shape index (κ3) is 1.77. The molecule has 1 aliphatic heterocycles. The molecule has 0 radical (unpaired) electrons. The van der Waals surface area contributed by atoms with Gasteiger partial charge in [-0.05, 0) is 0 Å². The molecule has 0 saturated carbocycles. The number of hydrogen-bond acceptors (Lipinski definition) is 2. The third-order valence-corrected chi connectivity index (χ3v) is 2.02. The van der Waals surface area contributed by atoms with Crippen LogP contribution in [0.5, 0.6) is 0 Å². The van der Waals surface area contributed by atoms with E-state index in [1.54, 1.807) is 0 Å². The van der Waals surface area contributed by atoms with Gasteiger partial charge in [0.1, 0.15) is 0 Å². The molecule has 1 aliphatic rings. The quantitative estimate of drug-likeness (QED) is 0.527. The summed E-state index contributed by atoms with van der Waals surface area (Å²) in [5.74, 6) is 0. The fourth-order valence-corrected chi connectivity index (χ4v) is 1.50. The van der Waals surface area contributed by atoms with Gasteiger partial charge in [0.15, 0.2) is 0 Å². The van der Waals surface area contributed by atoms with E-state index in [1.807, 2.05) is 14.1 Å². The highest BCUT2D eigenvalue weighted by Gasteiger charge is 2.14. The maximum absolute atomic E-state index is 3.54. The fraction of sp³-hybridized carbons (Fsp3) is 0.833. The molecule has 0 aromatic rings. The Bertz CT molecular complexity index is 135. The van der Waals surface area contributed by atoms with Crippen LogP contribution in [0.1, 0.15) is 0 Å². The van der Waals surface area contributed by atoms with Crippen molar-refractivity contribution >= 4 is 14.3 Å². The second-order valence-corrected chi connectivity index (χ2v) is 3.17. The molecular formula is C6H14N3P. The zero-order chi connectivity index (χ0) is 7.56. The van der Waals surface area contributed by atoms with Crippen molar-refractivity contribution in [1.29, 1.82) is 0 Å². The molecule has 0 bridgehead atoms. The van der Waals surface area contributed by atoms with E-state index in [9.17, 15) is 0 Å². The number of piperazine rings is 1. The number of hydrazine groups is 1. The highest BCUT2D eigenvalue weighted by Crippen LogP contribution is 1.98. The van der Waals surface area contributed by atoms with Crippen molar-refractivity contribution in [3.05, 3.63) is 0 Å². The monoisotopic (exact) mass is 159 g/mol. The van der Waals surface area contributed by atoms with E-state index in [2.05, 4.69) is 24.2 Å². The van der Waals surface area contributed by atoms with Crippen LogP contribution in [0, 0.1) is 0 Å². The van der Waals surface area contributed by atoms with Gasteiger partial charge < -0.3 is 5.32 Å². The summed E-state index contributed by atoms with van der Waals surface area (Å²) in [6, 6.07) is 0. The highest BCUT2D eigenvalue weighted by molar-refractivity contribution is 7.20. The van der Waals surface area contributed by atoms with Crippen LogP contribution in [-0.4, -0.2) is 49.2 Å². The van der Waals surface area contributed by atoms with Gasteiger partial charge in [0.05, 0.1) is 0 Å².